The molecule has 22 heavy (non-hydrogen) atoms. The van der Waals surface area contributed by atoms with E-state index in [1.54, 1.807) is 19.6 Å². The monoisotopic (exact) mass is 320 g/mol. The van der Waals surface area contributed by atoms with E-state index in [1.807, 2.05) is 32.0 Å². The number of methoxy groups -OCH3 is 2. The van der Waals surface area contributed by atoms with E-state index in [0.29, 0.717) is 17.2 Å². The number of benzene rings is 1. The number of nitrogens with one attached hydrogen (secondary N) is 1. The summed E-state index contributed by atoms with van der Waals surface area (Å²) in [7, 11) is 3.19. The van der Waals surface area contributed by atoms with Crippen LogP contribution in [0, 0.1) is 0 Å². The van der Waals surface area contributed by atoms with Crippen LogP contribution in [0.3, 0.4) is 0 Å². The van der Waals surface area contributed by atoms with Crippen LogP contribution in [0.25, 0.3) is 10.6 Å². The standard InChI is InChI=1S/C16H20N2O3S/c1-5-10(2)17-15(19)12-9-22-16(18-12)11-6-7-13(20-3)14(8-11)21-4/h6-10H,5H2,1-4H3,(H,17,19). The second-order valence-corrected chi connectivity index (χ2v) is 5.75. The van der Waals surface area contributed by atoms with E-state index in [4.69, 9.17) is 9.47 Å². The molecule has 0 saturated carbocycles. The van der Waals surface area contributed by atoms with Crippen molar-refractivity contribution in [2.75, 3.05) is 14.2 Å². The Hall–Kier alpha value is -2.08. The summed E-state index contributed by atoms with van der Waals surface area (Å²) in [6, 6.07) is 5.72. The number of nitrogens with zero attached hydrogens (tertiary/aromatic N) is 1. The fraction of sp³-hybridized carbons (Fsp3) is 0.375. The van der Waals surface area contributed by atoms with Gasteiger partial charge in [-0.1, -0.05) is 6.92 Å². The molecular formula is C16H20N2O3S. The van der Waals surface area contributed by atoms with E-state index >= 15 is 0 Å². The number of aromatic nitrogens is 1. The maximum Gasteiger partial charge on any atom is 0.270 e. The lowest BCUT2D eigenvalue weighted by atomic mass is 10.2. The normalized spacial score (nSPS) is 11.8. The topological polar surface area (TPSA) is 60.5 Å². The number of thiazole rings is 1. The average molecular weight is 320 g/mol. The highest BCUT2D eigenvalue weighted by Gasteiger charge is 2.14. The maximum absolute atomic E-state index is 12.1. The van der Waals surface area contributed by atoms with E-state index in [9.17, 15) is 4.79 Å². The molecule has 0 aliphatic carbocycles. The Morgan fingerprint density at radius 2 is 2.05 bits per heavy atom. The minimum absolute atomic E-state index is 0.138. The highest BCUT2D eigenvalue weighted by molar-refractivity contribution is 7.13. The van der Waals surface area contributed by atoms with E-state index < -0.39 is 0 Å². The van der Waals surface area contributed by atoms with Crippen molar-refractivity contribution in [3.63, 3.8) is 0 Å². The van der Waals surface area contributed by atoms with Crippen molar-refractivity contribution in [3.8, 4) is 22.1 Å². The summed E-state index contributed by atoms with van der Waals surface area (Å²) in [6.07, 6.45) is 0.887. The summed E-state index contributed by atoms with van der Waals surface area (Å²) >= 11 is 1.43. The molecule has 1 unspecified atom stereocenters. The third-order valence-corrected chi connectivity index (χ3v) is 4.25. The number of rotatable bonds is 6. The van der Waals surface area contributed by atoms with Gasteiger partial charge in [0.1, 0.15) is 10.7 Å². The van der Waals surface area contributed by atoms with Crippen LogP contribution in [0.4, 0.5) is 0 Å². The summed E-state index contributed by atoms with van der Waals surface area (Å²) in [6.45, 7) is 4.00. The van der Waals surface area contributed by atoms with Crippen LogP contribution < -0.4 is 14.8 Å². The average Bonchev–Trinajstić information content (AvgIpc) is 3.04. The van der Waals surface area contributed by atoms with Gasteiger partial charge in [-0.25, -0.2) is 4.98 Å². The van der Waals surface area contributed by atoms with Crippen LogP contribution in [0.2, 0.25) is 0 Å². The number of hydrogen-bond donors (Lipinski definition) is 1. The Morgan fingerprint density at radius 3 is 2.68 bits per heavy atom. The van der Waals surface area contributed by atoms with Crippen molar-refractivity contribution in [2.45, 2.75) is 26.3 Å². The molecule has 6 heteroatoms. The molecule has 0 saturated heterocycles. The summed E-state index contributed by atoms with van der Waals surface area (Å²) in [4.78, 5) is 16.5. The van der Waals surface area contributed by atoms with Crippen LogP contribution in [0.15, 0.2) is 23.6 Å². The van der Waals surface area contributed by atoms with Crippen molar-refractivity contribution in [3.05, 3.63) is 29.3 Å². The first-order valence-corrected chi connectivity index (χ1v) is 7.95. The molecule has 0 radical (unpaired) electrons. The first-order chi connectivity index (χ1) is 10.6. The maximum atomic E-state index is 12.1. The van der Waals surface area contributed by atoms with E-state index in [-0.39, 0.29) is 11.9 Å². The van der Waals surface area contributed by atoms with Crippen LogP contribution in [0.5, 0.6) is 11.5 Å². The van der Waals surface area contributed by atoms with Gasteiger partial charge in [0.05, 0.1) is 14.2 Å². The van der Waals surface area contributed by atoms with E-state index in [1.165, 1.54) is 11.3 Å². The largest absolute Gasteiger partial charge is 0.493 e. The number of amides is 1. The Balaban J connectivity index is 2.22. The lowest BCUT2D eigenvalue weighted by Gasteiger charge is -2.09. The lowest BCUT2D eigenvalue weighted by molar-refractivity contribution is 0.0935. The smallest absolute Gasteiger partial charge is 0.270 e. The number of ether oxygens (including phenoxy) is 2. The van der Waals surface area contributed by atoms with Gasteiger partial charge >= 0.3 is 0 Å². The molecule has 1 aromatic carbocycles. The van der Waals surface area contributed by atoms with Gasteiger partial charge in [-0.05, 0) is 31.5 Å². The second-order valence-electron chi connectivity index (χ2n) is 4.89. The molecule has 0 aliphatic rings. The SMILES string of the molecule is CCC(C)NC(=O)c1csc(-c2ccc(OC)c(OC)c2)n1. The van der Waals surface area contributed by atoms with Crippen LogP contribution in [-0.2, 0) is 0 Å². The van der Waals surface area contributed by atoms with Crippen molar-refractivity contribution in [2.24, 2.45) is 0 Å². The van der Waals surface area contributed by atoms with Gasteiger partial charge in [0, 0.05) is 17.0 Å². The van der Waals surface area contributed by atoms with Gasteiger partial charge in [-0.15, -0.1) is 11.3 Å². The van der Waals surface area contributed by atoms with Crippen molar-refractivity contribution >= 4 is 17.2 Å². The molecule has 1 amide bonds. The predicted octanol–water partition coefficient (Wildman–Crippen LogP) is 3.36. The molecule has 0 bridgehead atoms. The third-order valence-electron chi connectivity index (χ3n) is 3.36. The summed E-state index contributed by atoms with van der Waals surface area (Å²) in [5.74, 6) is 1.16. The van der Waals surface area contributed by atoms with Gasteiger partial charge < -0.3 is 14.8 Å². The Labute approximate surface area is 134 Å². The van der Waals surface area contributed by atoms with Gasteiger partial charge in [0.15, 0.2) is 11.5 Å². The molecule has 1 heterocycles. The van der Waals surface area contributed by atoms with Gasteiger partial charge in [-0.2, -0.15) is 0 Å². The zero-order valence-corrected chi connectivity index (χ0v) is 14.0. The summed E-state index contributed by atoms with van der Waals surface area (Å²) < 4.78 is 10.5. The van der Waals surface area contributed by atoms with Crippen LogP contribution in [0.1, 0.15) is 30.8 Å². The second kappa shape index (κ2) is 7.26. The molecule has 1 atom stereocenters. The van der Waals surface area contributed by atoms with Gasteiger partial charge in [0.25, 0.3) is 5.91 Å². The Bertz CT molecular complexity index is 655. The number of carbonyl (C=O) groups is 1. The van der Waals surface area contributed by atoms with E-state index in [2.05, 4.69) is 10.3 Å². The fourth-order valence-electron chi connectivity index (χ4n) is 1.88. The van der Waals surface area contributed by atoms with Crippen molar-refractivity contribution in [1.82, 2.24) is 10.3 Å². The first-order valence-electron chi connectivity index (χ1n) is 7.07. The minimum atomic E-state index is -0.141. The highest BCUT2D eigenvalue weighted by atomic mass is 32.1. The summed E-state index contributed by atoms with van der Waals surface area (Å²) in [5, 5.41) is 5.45. The molecule has 2 aromatic rings. The number of hydrogen-bond acceptors (Lipinski definition) is 5. The van der Waals surface area contributed by atoms with Crippen LogP contribution in [-0.4, -0.2) is 31.2 Å². The van der Waals surface area contributed by atoms with E-state index in [0.717, 1.165) is 17.0 Å². The van der Waals surface area contributed by atoms with Gasteiger partial charge in [-0.3, -0.25) is 4.79 Å². The number of carbonyl (C=O) groups excluding carboxylic acids is 1. The van der Waals surface area contributed by atoms with Crippen molar-refractivity contribution < 1.29 is 14.3 Å². The zero-order valence-electron chi connectivity index (χ0n) is 13.2. The molecule has 0 spiro atoms. The predicted molar refractivity (Wildman–Crippen MR) is 87.9 cm³/mol. The molecular weight excluding hydrogens is 300 g/mol. The van der Waals surface area contributed by atoms with Crippen LogP contribution >= 0.6 is 11.3 Å². The Kier molecular flexibility index (Phi) is 5.38. The summed E-state index contributed by atoms with van der Waals surface area (Å²) in [5.41, 5.74) is 1.33. The molecule has 118 valence electrons. The lowest BCUT2D eigenvalue weighted by Crippen LogP contribution is -2.32. The molecule has 1 aromatic heterocycles. The molecule has 5 nitrogen and oxygen atoms in total. The Morgan fingerprint density at radius 1 is 1.32 bits per heavy atom. The first kappa shape index (κ1) is 16.3. The molecule has 0 aliphatic heterocycles. The van der Waals surface area contributed by atoms with Gasteiger partial charge in [0.2, 0.25) is 0 Å². The highest BCUT2D eigenvalue weighted by Crippen LogP contribution is 2.33. The zero-order chi connectivity index (χ0) is 16.1. The molecule has 0 fully saturated rings. The quantitative estimate of drug-likeness (QED) is 0.886. The molecule has 1 N–H and O–H groups in total. The molecule has 2 rings (SSSR count). The van der Waals surface area contributed by atoms with Crippen molar-refractivity contribution in [1.29, 1.82) is 0 Å². The minimum Gasteiger partial charge on any atom is -0.493 e. The fourth-order valence-corrected chi connectivity index (χ4v) is 2.68. The third kappa shape index (κ3) is 3.57.